The zero-order valence-corrected chi connectivity index (χ0v) is 15.5. The lowest BCUT2D eigenvalue weighted by atomic mass is 9.77. The maximum absolute atomic E-state index is 4.69. The van der Waals surface area contributed by atoms with Gasteiger partial charge in [0.2, 0.25) is 5.95 Å². The molecular weight excluding hydrogens is 326 g/mol. The highest BCUT2D eigenvalue weighted by Gasteiger charge is 2.22. The van der Waals surface area contributed by atoms with Gasteiger partial charge in [-0.1, -0.05) is 13.3 Å². The first-order valence-electron chi connectivity index (χ1n) is 9.30. The Morgan fingerprint density at radius 2 is 2.15 bits per heavy atom. The smallest absolute Gasteiger partial charge is 0.231 e. The topological polar surface area (TPSA) is 83.8 Å². The van der Waals surface area contributed by atoms with Crippen LogP contribution in [0.4, 0.5) is 17.5 Å². The van der Waals surface area contributed by atoms with Crippen LogP contribution in [-0.4, -0.2) is 30.9 Å². The zero-order chi connectivity index (χ0) is 18.1. The monoisotopic (exact) mass is 351 g/mol. The van der Waals surface area contributed by atoms with Crippen molar-refractivity contribution in [2.45, 2.75) is 46.1 Å². The second-order valence-electron chi connectivity index (χ2n) is 7.37. The van der Waals surface area contributed by atoms with Crippen LogP contribution in [0.3, 0.4) is 0 Å². The van der Waals surface area contributed by atoms with Crippen LogP contribution in [0, 0.1) is 11.8 Å². The van der Waals surface area contributed by atoms with Crippen LogP contribution in [0.25, 0.3) is 11.0 Å². The van der Waals surface area contributed by atoms with E-state index in [-0.39, 0.29) is 0 Å². The maximum Gasteiger partial charge on any atom is 0.231 e. The summed E-state index contributed by atoms with van der Waals surface area (Å²) in [6.07, 6.45) is 11.6. The van der Waals surface area contributed by atoms with Crippen LogP contribution in [0.1, 0.15) is 46.1 Å². The summed E-state index contributed by atoms with van der Waals surface area (Å²) in [5.74, 6) is 2.46. The highest BCUT2D eigenvalue weighted by Crippen LogP contribution is 2.33. The van der Waals surface area contributed by atoms with E-state index in [1.807, 2.05) is 29.4 Å². The third-order valence-corrected chi connectivity index (χ3v) is 5.11. The second kappa shape index (κ2) is 6.90. The maximum atomic E-state index is 4.69. The van der Waals surface area contributed by atoms with Gasteiger partial charge in [-0.3, -0.25) is 4.68 Å². The Hall–Kier alpha value is -2.70. The molecule has 7 heteroatoms. The van der Waals surface area contributed by atoms with Gasteiger partial charge in [-0.2, -0.15) is 15.1 Å². The quantitative estimate of drug-likeness (QED) is 0.635. The molecular formula is C19H25N7. The summed E-state index contributed by atoms with van der Waals surface area (Å²) in [7, 11) is 0. The molecule has 0 saturated heterocycles. The van der Waals surface area contributed by atoms with Gasteiger partial charge >= 0.3 is 0 Å². The SMILES string of the molecule is CC(/C=N\c1nc(Nc2cnn(C(C)C)c2)nc2[nH]ccc12)C1CCC1. The molecule has 4 rings (SSSR count). The lowest BCUT2D eigenvalue weighted by Crippen LogP contribution is -2.20. The second-order valence-corrected chi connectivity index (χ2v) is 7.37. The van der Waals surface area contributed by atoms with Crippen molar-refractivity contribution in [1.82, 2.24) is 24.7 Å². The molecule has 1 saturated carbocycles. The summed E-state index contributed by atoms with van der Waals surface area (Å²) in [6.45, 7) is 6.42. The third kappa shape index (κ3) is 3.34. The third-order valence-electron chi connectivity index (χ3n) is 5.11. The summed E-state index contributed by atoms with van der Waals surface area (Å²) in [4.78, 5) is 17.0. The van der Waals surface area contributed by atoms with Gasteiger partial charge in [0.25, 0.3) is 0 Å². The van der Waals surface area contributed by atoms with Crippen molar-refractivity contribution in [3.05, 3.63) is 24.7 Å². The number of hydrogen-bond donors (Lipinski definition) is 2. The number of anilines is 2. The minimum Gasteiger partial charge on any atom is -0.346 e. The van der Waals surface area contributed by atoms with Crippen LogP contribution in [0.15, 0.2) is 29.6 Å². The molecule has 1 aliphatic carbocycles. The van der Waals surface area contributed by atoms with Gasteiger partial charge in [-0.25, -0.2) is 4.99 Å². The fourth-order valence-electron chi connectivity index (χ4n) is 3.17. The van der Waals surface area contributed by atoms with Crippen LogP contribution >= 0.6 is 0 Å². The van der Waals surface area contributed by atoms with Crippen molar-refractivity contribution in [3.8, 4) is 0 Å². The van der Waals surface area contributed by atoms with Crippen molar-refractivity contribution in [2.24, 2.45) is 16.8 Å². The number of nitrogens with one attached hydrogen (secondary N) is 2. The highest BCUT2D eigenvalue weighted by atomic mass is 15.3. The molecule has 0 spiro atoms. The van der Waals surface area contributed by atoms with Crippen molar-refractivity contribution in [3.63, 3.8) is 0 Å². The van der Waals surface area contributed by atoms with Crippen molar-refractivity contribution >= 4 is 34.7 Å². The van der Waals surface area contributed by atoms with Gasteiger partial charge in [0.1, 0.15) is 5.65 Å². The molecule has 3 heterocycles. The Labute approximate surface area is 153 Å². The van der Waals surface area contributed by atoms with Gasteiger partial charge < -0.3 is 10.3 Å². The largest absolute Gasteiger partial charge is 0.346 e. The molecule has 0 aliphatic heterocycles. The number of rotatable bonds is 6. The lowest BCUT2D eigenvalue weighted by Gasteiger charge is -2.28. The number of aromatic nitrogens is 5. The Morgan fingerprint density at radius 3 is 2.85 bits per heavy atom. The summed E-state index contributed by atoms with van der Waals surface area (Å²) in [5, 5.41) is 8.51. The van der Waals surface area contributed by atoms with Crippen LogP contribution in [0.5, 0.6) is 0 Å². The van der Waals surface area contributed by atoms with Gasteiger partial charge in [0.15, 0.2) is 5.82 Å². The summed E-state index contributed by atoms with van der Waals surface area (Å²) in [5.41, 5.74) is 1.64. The van der Waals surface area contributed by atoms with E-state index in [9.17, 15) is 0 Å². The van der Waals surface area contributed by atoms with E-state index in [1.54, 1.807) is 6.20 Å². The van der Waals surface area contributed by atoms with Crippen molar-refractivity contribution in [1.29, 1.82) is 0 Å². The molecule has 136 valence electrons. The Bertz CT molecular complexity index is 917. The fraction of sp³-hybridized carbons (Fsp3) is 0.474. The van der Waals surface area contributed by atoms with Gasteiger partial charge in [0, 0.05) is 24.7 Å². The van der Waals surface area contributed by atoms with Crippen molar-refractivity contribution in [2.75, 3.05) is 5.32 Å². The molecule has 2 N–H and O–H groups in total. The summed E-state index contributed by atoms with van der Waals surface area (Å²) in [6, 6.07) is 2.28. The van der Waals surface area contributed by atoms with Crippen molar-refractivity contribution < 1.29 is 0 Å². The number of nitrogens with zero attached hydrogens (tertiary/aromatic N) is 5. The Balaban J connectivity index is 1.60. The standard InChI is InChI=1S/C19H25N7/c1-12(2)26-11-15(10-22-26)23-19-24-17-16(7-8-20-17)18(25-19)21-9-13(3)14-5-4-6-14/h7-14H,4-6H2,1-3H3,(H2,20,23,24,25)/b21-9-. The molecule has 0 amide bonds. The number of aliphatic imine (C=N–C) groups is 1. The molecule has 1 fully saturated rings. The Kier molecular flexibility index (Phi) is 4.44. The molecule has 7 nitrogen and oxygen atoms in total. The first-order valence-corrected chi connectivity index (χ1v) is 9.30. The van der Waals surface area contributed by atoms with E-state index in [4.69, 9.17) is 0 Å². The minimum absolute atomic E-state index is 0.311. The minimum atomic E-state index is 0.311. The number of aromatic amines is 1. The van der Waals surface area contributed by atoms with Crippen LogP contribution in [0.2, 0.25) is 0 Å². The molecule has 1 aliphatic rings. The lowest BCUT2D eigenvalue weighted by molar-refractivity contribution is 0.270. The van der Waals surface area contributed by atoms with Gasteiger partial charge in [-0.05, 0) is 44.6 Å². The van der Waals surface area contributed by atoms with E-state index in [0.717, 1.165) is 22.6 Å². The van der Waals surface area contributed by atoms with Gasteiger partial charge in [-0.15, -0.1) is 0 Å². The van der Waals surface area contributed by atoms with Crippen LogP contribution < -0.4 is 5.32 Å². The van der Waals surface area contributed by atoms with E-state index in [1.165, 1.54) is 19.3 Å². The molecule has 0 radical (unpaired) electrons. The summed E-state index contributed by atoms with van der Waals surface area (Å²) < 4.78 is 1.90. The first-order chi connectivity index (χ1) is 12.6. The first kappa shape index (κ1) is 16.8. The molecule has 1 unspecified atom stereocenters. The molecule has 3 aromatic rings. The van der Waals surface area contributed by atoms with E-state index in [0.29, 0.717) is 23.7 Å². The molecule has 0 bridgehead atoms. The summed E-state index contributed by atoms with van der Waals surface area (Å²) >= 11 is 0. The van der Waals surface area contributed by atoms with Crippen LogP contribution in [-0.2, 0) is 0 Å². The van der Waals surface area contributed by atoms with Gasteiger partial charge in [0.05, 0.1) is 17.3 Å². The fourth-order valence-corrected chi connectivity index (χ4v) is 3.17. The molecule has 0 aromatic carbocycles. The normalized spacial score (nSPS) is 16.5. The van der Waals surface area contributed by atoms with E-state index >= 15 is 0 Å². The molecule has 3 aromatic heterocycles. The number of fused-ring (bicyclic) bond motifs is 1. The Morgan fingerprint density at radius 1 is 1.31 bits per heavy atom. The molecule has 26 heavy (non-hydrogen) atoms. The predicted molar refractivity (Wildman–Crippen MR) is 104 cm³/mol. The number of H-pyrrole nitrogens is 1. The highest BCUT2D eigenvalue weighted by molar-refractivity contribution is 5.88. The average molecular weight is 351 g/mol. The van der Waals surface area contributed by atoms with E-state index in [2.05, 4.69) is 51.1 Å². The van der Waals surface area contributed by atoms with E-state index < -0.39 is 0 Å². The zero-order valence-electron chi connectivity index (χ0n) is 15.5. The molecule has 1 atom stereocenters. The average Bonchev–Trinajstić information content (AvgIpc) is 3.20. The number of hydrogen-bond acceptors (Lipinski definition) is 5. The predicted octanol–water partition coefficient (Wildman–Crippen LogP) is 4.62.